The van der Waals surface area contributed by atoms with Gasteiger partial charge < -0.3 is 14.9 Å². The number of carbonyl (C=O) groups excluding carboxylic acids is 1. The van der Waals surface area contributed by atoms with Crippen molar-refractivity contribution in [3.63, 3.8) is 0 Å². The average molecular weight is 441 g/mol. The van der Waals surface area contributed by atoms with Gasteiger partial charge >= 0.3 is 0 Å². The Labute approximate surface area is 182 Å². The fraction of sp³-hybridized carbons (Fsp3) is 0.435. The molecule has 7 nitrogen and oxygen atoms in total. The zero-order chi connectivity index (χ0) is 22.0. The lowest BCUT2D eigenvalue weighted by atomic mass is 9.84. The van der Waals surface area contributed by atoms with Gasteiger partial charge in [-0.05, 0) is 42.9 Å². The number of sulfonamides is 1. The molecular formula is C23H28N4O3S. The van der Waals surface area contributed by atoms with E-state index in [-0.39, 0.29) is 22.4 Å². The number of aryl methyl sites for hydroxylation is 2. The molecule has 1 fully saturated rings. The summed E-state index contributed by atoms with van der Waals surface area (Å²) in [5, 5.41) is 1.27. The molecule has 5 rings (SSSR count). The van der Waals surface area contributed by atoms with Crippen molar-refractivity contribution in [3.8, 4) is 0 Å². The molecule has 3 heterocycles. The molecule has 1 aliphatic carbocycles. The van der Waals surface area contributed by atoms with E-state index in [4.69, 9.17) is 0 Å². The van der Waals surface area contributed by atoms with Crippen molar-refractivity contribution >= 4 is 26.8 Å². The molecule has 1 saturated heterocycles. The van der Waals surface area contributed by atoms with Crippen molar-refractivity contribution in [2.24, 2.45) is 5.41 Å². The van der Waals surface area contributed by atoms with Gasteiger partial charge in [0, 0.05) is 47.8 Å². The molecular weight excluding hydrogens is 412 g/mol. The lowest BCUT2D eigenvalue weighted by Crippen LogP contribution is -2.55. The maximum Gasteiger partial charge on any atom is 0.256 e. The first-order valence-corrected chi connectivity index (χ1v) is 12.2. The number of hydrogen-bond donors (Lipinski definition) is 3. The third-order valence-corrected chi connectivity index (χ3v) is 7.89. The number of aromatic amines is 2. The molecule has 1 atom stereocenters. The quantitative estimate of drug-likeness (QED) is 0.581. The molecule has 1 aliphatic heterocycles. The molecule has 31 heavy (non-hydrogen) atoms. The Balaban J connectivity index is 1.33. The van der Waals surface area contributed by atoms with Gasteiger partial charge in [0.15, 0.2) is 0 Å². The number of fused-ring (bicyclic) bond motifs is 3. The van der Waals surface area contributed by atoms with E-state index in [9.17, 15) is 13.2 Å². The van der Waals surface area contributed by atoms with Gasteiger partial charge in [0.05, 0.1) is 5.56 Å². The molecule has 3 N–H and O–H groups in total. The van der Waals surface area contributed by atoms with E-state index in [0.29, 0.717) is 30.8 Å². The predicted molar refractivity (Wildman–Crippen MR) is 120 cm³/mol. The third-order valence-electron chi connectivity index (χ3n) is 6.45. The smallest absolute Gasteiger partial charge is 0.256 e. The molecule has 0 unspecified atom stereocenters. The van der Waals surface area contributed by atoms with E-state index >= 15 is 0 Å². The van der Waals surface area contributed by atoms with E-state index < -0.39 is 10.0 Å². The van der Waals surface area contributed by atoms with E-state index in [0.717, 1.165) is 24.1 Å². The monoisotopic (exact) mass is 440 g/mol. The van der Waals surface area contributed by atoms with E-state index in [2.05, 4.69) is 34.6 Å². The van der Waals surface area contributed by atoms with E-state index in [1.165, 1.54) is 17.0 Å². The molecule has 0 spiro atoms. The summed E-state index contributed by atoms with van der Waals surface area (Å²) in [5.74, 6) is -0.116. The molecule has 1 amide bonds. The summed E-state index contributed by atoms with van der Waals surface area (Å²) in [6.07, 6.45) is 2.19. The first kappa shape index (κ1) is 20.3. The van der Waals surface area contributed by atoms with Crippen molar-refractivity contribution in [3.05, 3.63) is 52.8 Å². The SMILES string of the molecule is Cc1[nH]c(S(=O)(=O)N[C@@H]2CCc3c([nH]c4ccccc34)C2)cc1C(=O)N1CC(C)(C)C1. The number of benzene rings is 1. The van der Waals surface area contributed by atoms with Gasteiger partial charge in [0.1, 0.15) is 5.03 Å². The highest BCUT2D eigenvalue weighted by atomic mass is 32.2. The van der Waals surface area contributed by atoms with E-state index in [1.54, 1.807) is 11.8 Å². The molecule has 0 saturated carbocycles. The molecule has 0 radical (unpaired) electrons. The maximum absolute atomic E-state index is 13.1. The minimum Gasteiger partial charge on any atom is -0.358 e. The van der Waals surface area contributed by atoms with Crippen LogP contribution >= 0.6 is 0 Å². The average Bonchev–Trinajstić information content (AvgIpc) is 3.25. The Kier molecular flexibility index (Phi) is 4.57. The highest BCUT2D eigenvalue weighted by Crippen LogP contribution is 2.32. The fourth-order valence-corrected chi connectivity index (χ4v) is 6.29. The van der Waals surface area contributed by atoms with Crippen LogP contribution in [0.25, 0.3) is 10.9 Å². The fourth-order valence-electron chi connectivity index (χ4n) is 4.96. The number of rotatable bonds is 4. The largest absolute Gasteiger partial charge is 0.358 e. The predicted octanol–water partition coefficient (Wildman–Crippen LogP) is 3.12. The second kappa shape index (κ2) is 6.97. The van der Waals surface area contributed by atoms with Crippen LogP contribution in [0, 0.1) is 12.3 Å². The topological polar surface area (TPSA) is 98.1 Å². The standard InChI is InChI=1S/C23H28N4O3S/c1-14-18(22(28)27-12-23(2,3)13-27)11-21(24-14)31(29,30)26-15-8-9-17-16-6-4-5-7-19(16)25-20(17)10-15/h4-7,11,15,24-26H,8-10,12-13H2,1-3H3/t15-/m1/s1. The summed E-state index contributed by atoms with van der Waals surface area (Å²) in [6, 6.07) is 9.46. The van der Waals surface area contributed by atoms with Crippen molar-refractivity contribution in [2.45, 2.75) is 51.1 Å². The lowest BCUT2D eigenvalue weighted by molar-refractivity contribution is 0.0235. The Hall–Kier alpha value is -2.58. The van der Waals surface area contributed by atoms with Gasteiger partial charge in [0.25, 0.3) is 15.9 Å². The first-order valence-electron chi connectivity index (χ1n) is 10.7. The zero-order valence-corrected chi connectivity index (χ0v) is 18.9. The van der Waals surface area contributed by atoms with Crippen LogP contribution in [-0.2, 0) is 22.9 Å². The number of nitrogens with zero attached hydrogens (tertiary/aromatic N) is 1. The minimum atomic E-state index is -3.76. The van der Waals surface area contributed by atoms with Crippen molar-refractivity contribution < 1.29 is 13.2 Å². The van der Waals surface area contributed by atoms with Gasteiger partial charge in [0.2, 0.25) is 0 Å². The van der Waals surface area contributed by atoms with Crippen LogP contribution in [-0.4, -0.2) is 48.3 Å². The number of H-pyrrole nitrogens is 2. The molecule has 3 aromatic rings. The van der Waals surface area contributed by atoms with Gasteiger partial charge in [-0.2, -0.15) is 0 Å². The number of para-hydroxylation sites is 1. The normalized spacial score (nSPS) is 20.5. The third kappa shape index (κ3) is 3.57. The van der Waals surface area contributed by atoms with Crippen molar-refractivity contribution in [1.29, 1.82) is 0 Å². The van der Waals surface area contributed by atoms with Crippen LogP contribution in [0.5, 0.6) is 0 Å². The summed E-state index contributed by atoms with van der Waals surface area (Å²) in [6.45, 7) is 7.35. The van der Waals surface area contributed by atoms with Gasteiger partial charge in [-0.25, -0.2) is 13.1 Å². The Morgan fingerprint density at radius 1 is 1.19 bits per heavy atom. The summed E-state index contributed by atoms with van der Waals surface area (Å²) < 4.78 is 28.9. The van der Waals surface area contributed by atoms with Crippen LogP contribution < -0.4 is 4.72 Å². The summed E-state index contributed by atoms with van der Waals surface area (Å²) in [4.78, 5) is 20.9. The second-order valence-electron chi connectivity index (χ2n) is 9.69. The van der Waals surface area contributed by atoms with Crippen LogP contribution in [0.15, 0.2) is 35.4 Å². The van der Waals surface area contributed by atoms with Crippen molar-refractivity contribution in [1.82, 2.24) is 19.6 Å². The van der Waals surface area contributed by atoms with Crippen LogP contribution in [0.3, 0.4) is 0 Å². The minimum absolute atomic E-state index is 0.0515. The second-order valence-corrected chi connectivity index (χ2v) is 11.4. The molecule has 1 aromatic carbocycles. The summed E-state index contributed by atoms with van der Waals surface area (Å²) in [7, 11) is -3.76. The van der Waals surface area contributed by atoms with E-state index in [1.807, 2.05) is 18.2 Å². The van der Waals surface area contributed by atoms with Gasteiger partial charge in [-0.3, -0.25) is 4.79 Å². The number of hydrogen-bond acceptors (Lipinski definition) is 3. The molecule has 0 bridgehead atoms. The van der Waals surface area contributed by atoms with Crippen molar-refractivity contribution in [2.75, 3.05) is 13.1 Å². The van der Waals surface area contributed by atoms with Gasteiger partial charge in [-0.1, -0.05) is 32.0 Å². The molecule has 2 aromatic heterocycles. The highest BCUT2D eigenvalue weighted by molar-refractivity contribution is 7.89. The highest BCUT2D eigenvalue weighted by Gasteiger charge is 2.38. The van der Waals surface area contributed by atoms with Crippen LogP contribution in [0.4, 0.5) is 0 Å². The zero-order valence-electron chi connectivity index (χ0n) is 18.1. The Bertz CT molecular complexity index is 1280. The van der Waals surface area contributed by atoms with Crippen LogP contribution in [0.1, 0.15) is 47.6 Å². The molecule has 8 heteroatoms. The Morgan fingerprint density at radius 2 is 1.94 bits per heavy atom. The number of likely N-dealkylation sites (tertiary alicyclic amines) is 1. The number of carbonyl (C=O) groups is 1. The van der Waals surface area contributed by atoms with Crippen LogP contribution in [0.2, 0.25) is 0 Å². The first-order chi connectivity index (χ1) is 14.6. The van der Waals surface area contributed by atoms with Gasteiger partial charge in [-0.15, -0.1) is 0 Å². The summed E-state index contributed by atoms with van der Waals surface area (Å²) in [5.41, 5.74) is 4.60. The summed E-state index contributed by atoms with van der Waals surface area (Å²) >= 11 is 0. The number of aromatic nitrogens is 2. The lowest BCUT2D eigenvalue weighted by Gasteiger charge is -2.45. The Morgan fingerprint density at radius 3 is 2.68 bits per heavy atom. The maximum atomic E-state index is 13.1. The number of amides is 1. The molecule has 2 aliphatic rings. The number of nitrogens with one attached hydrogen (secondary N) is 3. The molecule has 164 valence electrons.